The molecule has 0 unspecified atom stereocenters. The molecule has 2 aromatic rings. The maximum atomic E-state index is 5.88. The van der Waals surface area contributed by atoms with Gasteiger partial charge in [-0.2, -0.15) is 0 Å². The average molecular weight is 289 g/mol. The van der Waals surface area contributed by atoms with Crippen molar-refractivity contribution in [3.63, 3.8) is 0 Å². The maximum absolute atomic E-state index is 5.88. The van der Waals surface area contributed by atoms with Gasteiger partial charge in [0.1, 0.15) is 12.4 Å². The summed E-state index contributed by atoms with van der Waals surface area (Å²) in [7, 11) is 0. The molecule has 2 heteroatoms. The summed E-state index contributed by atoms with van der Waals surface area (Å²) >= 11 is 5.78. The fourth-order valence-corrected chi connectivity index (χ4v) is 2.39. The molecule has 0 saturated carbocycles. The Morgan fingerprint density at radius 2 is 1.60 bits per heavy atom. The van der Waals surface area contributed by atoms with Gasteiger partial charge >= 0.3 is 0 Å². The van der Waals surface area contributed by atoms with Crippen molar-refractivity contribution in [2.75, 3.05) is 0 Å². The van der Waals surface area contributed by atoms with E-state index in [2.05, 4.69) is 45.0 Å². The molecule has 2 aromatic carbocycles. The molecule has 0 radical (unpaired) electrons. The second-order valence-corrected chi connectivity index (χ2v) is 6.24. The molecule has 0 spiro atoms. The Morgan fingerprint density at radius 3 is 2.20 bits per heavy atom. The number of halogens is 1. The first-order chi connectivity index (χ1) is 9.50. The second kappa shape index (κ2) is 6.32. The van der Waals surface area contributed by atoms with Crippen molar-refractivity contribution < 1.29 is 4.74 Å². The highest BCUT2D eigenvalue weighted by Crippen LogP contribution is 2.26. The van der Waals surface area contributed by atoms with E-state index < -0.39 is 0 Å². The zero-order valence-corrected chi connectivity index (χ0v) is 13.1. The van der Waals surface area contributed by atoms with Crippen LogP contribution in [0.15, 0.2) is 48.5 Å². The lowest BCUT2D eigenvalue weighted by atomic mass is 9.84. The first kappa shape index (κ1) is 14.9. The van der Waals surface area contributed by atoms with Gasteiger partial charge in [0, 0.05) is 5.88 Å². The Labute approximate surface area is 126 Å². The number of hydrogen-bond acceptors (Lipinski definition) is 1. The monoisotopic (exact) mass is 288 g/mol. The van der Waals surface area contributed by atoms with Gasteiger partial charge in [0.25, 0.3) is 0 Å². The molecular weight excluding hydrogens is 268 g/mol. The molecule has 0 aliphatic carbocycles. The predicted molar refractivity (Wildman–Crippen MR) is 85.5 cm³/mol. The molecule has 0 saturated heterocycles. The van der Waals surface area contributed by atoms with Crippen molar-refractivity contribution in [1.29, 1.82) is 0 Å². The highest BCUT2D eigenvalue weighted by atomic mass is 35.5. The summed E-state index contributed by atoms with van der Waals surface area (Å²) in [6.07, 6.45) is 0. The van der Waals surface area contributed by atoms with Crippen molar-refractivity contribution in [2.45, 2.75) is 38.7 Å². The van der Waals surface area contributed by atoms with Crippen LogP contribution < -0.4 is 4.74 Å². The maximum Gasteiger partial charge on any atom is 0.119 e. The molecule has 0 bridgehead atoms. The third-order valence-electron chi connectivity index (χ3n) is 3.30. The molecule has 0 fully saturated rings. The average Bonchev–Trinajstić information content (AvgIpc) is 2.45. The summed E-state index contributed by atoms with van der Waals surface area (Å²) in [6.45, 7) is 7.26. The lowest BCUT2D eigenvalue weighted by Gasteiger charge is -2.23. The van der Waals surface area contributed by atoms with Gasteiger partial charge in [-0.25, -0.2) is 0 Å². The molecule has 2 rings (SSSR count). The molecule has 0 amide bonds. The number of rotatable bonds is 4. The quantitative estimate of drug-likeness (QED) is 0.694. The second-order valence-electron chi connectivity index (χ2n) is 5.97. The molecule has 0 atom stereocenters. The minimum absolute atomic E-state index is 0.127. The Bertz CT molecular complexity index is 552. The summed E-state index contributed by atoms with van der Waals surface area (Å²) in [5, 5.41) is 0. The smallest absolute Gasteiger partial charge is 0.119 e. The van der Waals surface area contributed by atoms with Crippen LogP contribution in [0.1, 0.15) is 37.5 Å². The van der Waals surface area contributed by atoms with E-state index in [9.17, 15) is 0 Å². The van der Waals surface area contributed by atoms with Gasteiger partial charge in [-0.1, -0.05) is 57.2 Å². The molecule has 20 heavy (non-hydrogen) atoms. The zero-order valence-electron chi connectivity index (χ0n) is 12.3. The molecule has 0 aromatic heterocycles. The van der Waals surface area contributed by atoms with E-state index in [1.807, 2.05) is 24.3 Å². The summed E-state index contributed by atoms with van der Waals surface area (Å²) in [6, 6.07) is 16.4. The van der Waals surface area contributed by atoms with Crippen molar-refractivity contribution in [2.24, 2.45) is 0 Å². The normalized spacial score (nSPS) is 11.4. The third kappa shape index (κ3) is 3.77. The predicted octanol–water partition coefficient (Wildman–Crippen LogP) is 5.30. The van der Waals surface area contributed by atoms with Crippen LogP contribution >= 0.6 is 11.6 Å². The van der Waals surface area contributed by atoms with Crippen molar-refractivity contribution in [3.8, 4) is 5.75 Å². The van der Waals surface area contributed by atoms with Gasteiger partial charge in [0.05, 0.1) is 0 Å². The number of alkyl halides is 1. The van der Waals surface area contributed by atoms with Gasteiger partial charge in [0.2, 0.25) is 0 Å². The van der Waals surface area contributed by atoms with Gasteiger partial charge in [-0.05, 0) is 34.2 Å². The summed E-state index contributed by atoms with van der Waals surface area (Å²) in [5.41, 5.74) is 3.80. The van der Waals surface area contributed by atoms with Gasteiger partial charge in [0.15, 0.2) is 0 Å². The summed E-state index contributed by atoms with van der Waals surface area (Å²) in [5.74, 6) is 1.41. The van der Waals surface area contributed by atoms with Gasteiger partial charge in [-0.3, -0.25) is 0 Å². The largest absolute Gasteiger partial charge is 0.489 e. The lowest BCUT2D eigenvalue weighted by Crippen LogP contribution is -2.15. The summed E-state index contributed by atoms with van der Waals surface area (Å²) < 4.78 is 5.88. The van der Waals surface area contributed by atoms with Crippen molar-refractivity contribution in [3.05, 3.63) is 65.2 Å². The molecule has 0 aliphatic rings. The first-order valence-electron chi connectivity index (χ1n) is 6.87. The van der Waals surface area contributed by atoms with E-state index in [0.717, 1.165) is 11.3 Å². The highest BCUT2D eigenvalue weighted by Gasteiger charge is 2.17. The van der Waals surface area contributed by atoms with Crippen LogP contribution in [-0.2, 0) is 17.9 Å². The van der Waals surface area contributed by atoms with E-state index in [4.69, 9.17) is 16.3 Å². The fourth-order valence-electron chi connectivity index (χ4n) is 2.21. The highest BCUT2D eigenvalue weighted by molar-refractivity contribution is 6.17. The Balaban J connectivity index is 2.10. The third-order valence-corrected chi connectivity index (χ3v) is 3.61. The molecule has 0 heterocycles. The van der Waals surface area contributed by atoms with Crippen LogP contribution in [0.3, 0.4) is 0 Å². The first-order valence-corrected chi connectivity index (χ1v) is 7.40. The summed E-state index contributed by atoms with van der Waals surface area (Å²) in [4.78, 5) is 0. The fraction of sp³-hybridized carbons (Fsp3) is 0.333. The van der Waals surface area contributed by atoms with Crippen molar-refractivity contribution in [1.82, 2.24) is 0 Å². The van der Waals surface area contributed by atoms with Crippen LogP contribution in [0.25, 0.3) is 0 Å². The van der Waals surface area contributed by atoms with Crippen LogP contribution in [0, 0.1) is 0 Å². The van der Waals surface area contributed by atoms with Crippen LogP contribution in [0.4, 0.5) is 0 Å². The Kier molecular flexibility index (Phi) is 4.72. The topological polar surface area (TPSA) is 9.23 Å². The van der Waals surface area contributed by atoms with Crippen LogP contribution in [-0.4, -0.2) is 0 Å². The van der Waals surface area contributed by atoms with E-state index in [0.29, 0.717) is 12.5 Å². The van der Waals surface area contributed by atoms with Gasteiger partial charge < -0.3 is 4.74 Å². The minimum Gasteiger partial charge on any atom is -0.489 e. The van der Waals surface area contributed by atoms with E-state index in [1.165, 1.54) is 11.1 Å². The van der Waals surface area contributed by atoms with Crippen molar-refractivity contribution >= 4 is 11.6 Å². The SMILES string of the molecule is CC(C)(C)c1ccccc1COc1ccc(CCl)cc1. The van der Waals surface area contributed by atoms with E-state index in [-0.39, 0.29) is 5.41 Å². The van der Waals surface area contributed by atoms with Crippen LogP contribution in [0.5, 0.6) is 5.75 Å². The number of benzene rings is 2. The lowest BCUT2D eigenvalue weighted by molar-refractivity contribution is 0.302. The molecule has 106 valence electrons. The van der Waals surface area contributed by atoms with E-state index in [1.54, 1.807) is 0 Å². The van der Waals surface area contributed by atoms with E-state index >= 15 is 0 Å². The number of ether oxygens (including phenoxy) is 1. The minimum atomic E-state index is 0.127. The Hall–Kier alpha value is -1.47. The molecule has 0 N–H and O–H groups in total. The molecule has 0 aliphatic heterocycles. The molecular formula is C18H21ClO. The number of hydrogen-bond donors (Lipinski definition) is 0. The Morgan fingerprint density at radius 1 is 0.950 bits per heavy atom. The standard InChI is InChI=1S/C18H21ClO/c1-18(2,3)17-7-5-4-6-15(17)13-20-16-10-8-14(12-19)9-11-16/h4-11H,12-13H2,1-3H3. The van der Waals surface area contributed by atoms with Crippen LogP contribution in [0.2, 0.25) is 0 Å². The molecule has 1 nitrogen and oxygen atoms in total. The van der Waals surface area contributed by atoms with Gasteiger partial charge in [-0.15, -0.1) is 11.6 Å². The zero-order chi connectivity index (χ0) is 14.6.